The fraction of sp³-hybridized carbons (Fsp3) is 0.562. The molecule has 19 heavy (non-hydrogen) atoms. The molecule has 0 aliphatic heterocycles. The third-order valence-corrected chi connectivity index (χ3v) is 4.31. The largest absolute Gasteiger partial charge is 0.304 e. The average molecular weight is 279 g/mol. The SMILES string of the molecule is CCc1cccc(C(=O)SCCCN(CC)CC)c1. The van der Waals surface area contributed by atoms with E-state index in [0.29, 0.717) is 0 Å². The van der Waals surface area contributed by atoms with E-state index < -0.39 is 0 Å². The van der Waals surface area contributed by atoms with Crippen LogP contribution in [-0.4, -0.2) is 35.4 Å². The fourth-order valence-electron chi connectivity index (χ4n) is 1.99. The van der Waals surface area contributed by atoms with Crippen LogP contribution in [0.15, 0.2) is 24.3 Å². The lowest BCUT2D eigenvalue weighted by Gasteiger charge is -2.17. The Balaban J connectivity index is 2.34. The molecule has 0 spiro atoms. The third-order valence-electron chi connectivity index (χ3n) is 3.32. The van der Waals surface area contributed by atoms with Gasteiger partial charge >= 0.3 is 0 Å². The number of carbonyl (C=O) groups excluding carboxylic acids is 1. The van der Waals surface area contributed by atoms with Crippen LogP contribution in [0.5, 0.6) is 0 Å². The molecule has 3 heteroatoms. The Morgan fingerprint density at radius 3 is 2.58 bits per heavy atom. The Labute approximate surface area is 121 Å². The zero-order chi connectivity index (χ0) is 14.1. The van der Waals surface area contributed by atoms with Crippen LogP contribution in [0, 0.1) is 0 Å². The molecule has 0 radical (unpaired) electrons. The lowest BCUT2D eigenvalue weighted by atomic mass is 10.1. The van der Waals surface area contributed by atoms with Gasteiger partial charge in [-0.15, -0.1) is 0 Å². The number of hydrogen-bond donors (Lipinski definition) is 0. The molecule has 1 aromatic carbocycles. The highest BCUT2D eigenvalue weighted by molar-refractivity contribution is 8.14. The minimum Gasteiger partial charge on any atom is -0.304 e. The Bertz CT molecular complexity index is 388. The number of thioether (sulfide) groups is 1. The summed E-state index contributed by atoms with van der Waals surface area (Å²) in [7, 11) is 0. The second kappa shape index (κ2) is 9.16. The summed E-state index contributed by atoms with van der Waals surface area (Å²) in [6.45, 7) is 9.74. The molecule has 0 unspecified atom stereocenters. The average Bonchev–Trinajstić information content (AvgIpc) is 2.47. The molecule has 0 heterocycles. The molecule has 0 bridgehead atoms. The van der Waals surface area contributed by atoms with Crippen LogP contribution in [-0.2, 0) is 6.42 Å². The maximum Gasteiger partial charge on any atom is 0.219 e. The van der Waals surface area contributed by atoms with Crippen LogP contribution >= 0.6 is 11.8 Å². The van der Waals surface area contributed by atoms with Gasteiger partial charge in [-0.2, -0.15) is 0 Å². The Hall–Kier alpha value is -0.800. The van der Waals surface area contributed by atoms with Gasteiger partial charge in [-0.1, -0.05) is 50.7 Å². The van der Waals surface area contributed by atoms with E-state index in [1.54, 1.807) is 0 Å². The van der Waals surface area contributed by atoms with Crippen molar-refractivity contribution in [3.8, 4) is 0 Å². The van der Waals surface area contributed by atoms with Gasteiger partial charge in [0, 0.05) is 11.3 Å². The fourth-order valence-corrected chi connectivity index (χ4v) is 2.75. The van der Waals surface area contributed by atoms with Crippen LogP contribution < -0.4 is 0 Å². The van der Waals surface area contributed by atoms with Crippen molar-refractivity contribution >= 4 is 16.9 Å². The van der Waals surface area contributed by atoms with Gasteiger partial charge in [0.05, 0.1) is 0 Å². The highest BCUT2D eigenvalue weighted by Crippen LogP contribution is 2.15. The molecule has 1 rings (SSSR count). The molecule has 0 aliphatic rings. The van der Waals surface area contributed by atoms with E-state index >= 15 is 0 Å². The first-order valence-corrected chi connectivity index (χ1v) is 8.18. The number of rotatable bonds is 8. The zero-order valence-corrected chi connectivity index (χ0v) is 13.1. The number of hydrogen-bond acceptors (Lipinski definition) is 3. The predicted molar refractivity (Wildman–Crippen MR) is 85.0 cm³/mol. The minimum atomic E-state index is 0.204. The molecule has 106 valence electrons. The second-order valence-electron chi connectivity index (χ2n) is 4.57. The summed E-state index contributed by atoms with van der Waals surface area (Å²) in [4.78, 5) is 14.4. The lowest BCUT2D eigenvalue weighted by Crippen LogP contribution is -2.24. The second-order valence-corrected chi connectivity index (χ2v) is 5.64. The van der Waals surface area contributed by atoms with Crippen molar-refractivity contribution < 1.29 is 4.79 Å². The van der Waals surface area contributed by atoms with Gasteiger partial charge in [-0.25, -0.2) is 0 Å². The molecule has 0 saturated heterocycles. The predicted octanol–water partition coefficient (Wildman–Crippen LogP) is 3.85. The highest BCUT2D eigenvalue weighted by atomic mass is 32.2. The number of benzene rings is 1. The van der Waals surface area contributed by atoms with Crippen LogP contribution in [0.4, 0.5) is 0 Å². The van der Waals surface area contributed by atoms with Crippen molar-refractivity contribution in [1.29, 1.82) is 0 Å². The third kappa shape index (κ3) is 5.79. The zero-order valence-electron chi connectivity index (χ0n) is 12.3. The van der Waals surface area contributed by atoms with Gasteiger partial charge < -0.3 is 4.90 Å². The number of carbonyl (C=O) groups is 1. The molecule has 0 saturated carbocycles. The van der Waals surface area contributed by atoms with Gasteiger partial charge in [0.15, 0.2) is 0 Å². The maximum absolute atomic E-state index is 12.0. The van der Waals surface area contributed by atoms with Crippen molar-refractivity contribution in [1.82, 2.24) is 4.90 Å². The van der Waals surface area contributed by atoms with Crippen molar-refractivity contribution in [3.05, 3.63) is 35.4 Å². The molecule has 0 N–H and O–H groups in total. The van der Waals surface area contributed by atoms with Gasteiger partial charge in [0.1, 0.15) is 0 Å². The van der Waals surface area contributed by atoms with E-state index in [2.05, 4.69) is 31.7 Å². The first-order valence-electron chi connectivity index (χ1n) is 7.19. The van der Waals surface area contributed by atoms with Crippen molar-refractivity contribution in [3.63, 3.8) is 0 Å². The van der Waals surface area contributed by atoms with E-state index in [9.17, 15) is 4.79 Å². The first-order chi connectivity index (χ1) is 9.21. The monoisotopic (exact) mass is 279 g/mol. The van der Waals surface area contributed by atoms with E-state index in [1.807, 2.05) is 18.2 Å². The summed E-state index contributed by atoms with van der Waals surface area (Å²) in [6, 6.07) is 7.98. The lowest BCUT2D eigenvalue weighted by molar-refractivity contribution is 0.108. The molecule has 1 aromatic rings. The van der Waals surface area contributed by atoms with Gasteiger partial charge in [-0.05, 0) is 44.1 Å². The molecule has 2 nitrogen and oxygen atoms in total. The summed E-state index contributed by atoms with van der Waals surface area (Å²) in [5.41, 5.74) is 2.07. The molecule has 0 aliphatic carbocycles. The standard InChI is InChI=1S/C16H25NOS/c1-4-14-9-7-10-15(13-14)16(18)19-12-8-11-17(5-2)6-3/h7,9-10,13H,4-6,8,11-12H2,1-3H3. The minimum absolute atomic E-state index is 0.204. The molecule has 0 aromatic heterocycles. The summed E-state index contributed by atoms with van der Waals surface area (Å²) in [6.07, 6.45) is 2.05. The molecule has 0 amide bonds. The smallest absolute Gasteiger partial charge is 0.219 e. The van der Waals surface area contributed by atoms with Gasteiger partial charge in [-0.3, -0.25) is 4.79 Å². The van der Waals surface area contributed by atoms with E-state index in [-0.39, 0.29) is 5.12 Å². The van der Waals surface area contributed by atoms with Gasteiger partial charge in [0.2, 0.25) is 5.12 Å². The first kappa shape index (κ1) is 16.3. The van der Waals surface area contributed by atoms with Crippen LogP contribution in [0.2, 0.25) is 0 Å². The maximum atomic E-state index is 12.0. The summed E-state index contributed by atoms with van der Waals surface area (Å²) in [5.74, 6) is 0.908. The Kier molecular flexibility index (Phi) is 7.84. The van der Waals surface area contributed by atoms with Crippen molar-refractivity contribution in [2.75, 3.05) is 25.4 Å². The summed E-state index contributed by atoms with van der Waals surface area (Å²) >= 11 is 1.45. The molecule has 0 fully saturated rings. The highest BCUT2D eigenvalue weighted by Gasteiger charge is 2.07. The Morgan fingerprint density at radius 2 is 1.95 bits per heavy atom. The molecular formula is C16H25NOS. The molecule has 0 atom stereocenters. The van der Waals surface area contributed by atoms with Crippen LogP contribution in [0.25, 0.3) is 0 Å². The van der Waals surface area contributed by atoms with E-state index in [1.165, 1.54) is 17.3 Å². The van der Waals surface area contributed by atoms with Crippen molar-refractivity contribution in [2.24, 2.45) is 0 Å². The van der Waals surface area contributed by atoms with Crippen molar-refractivity contribution in [2.45, 2.75) is 33.6 Å². The van der Waals surface area contributed by atoms with Crippen LogP contribution in [0.3, 0.4) is 0 Å². The number of aryl methyl sites for hydroxylation is 1. The van der Waals surface area contributed by atoms with Gasteiger partial charge in [0.25, 0.3) is 0 Å². The summed E-state index contributed by atoms with van der Waals surface area (Å²) in [5, 5.41) is 0.204. The Morgan fingerprint density at radius 1 is 1.21 bits per heavy atom. The van der Waals surface area contributed by atoms with E-state index in [4.69, 9.17) is 0 Å². The quantitative estimate of drug-likeness (QED) is 0.674. The molecular weight excluding hydrogens is 254 g/mol. The topological polar surface area (TPSA) is 20.3 Å². The number of nitrogens with zero attached hydrogens (tertiary/aromatic N) is 1. The normalized spacial score (nSPS) is 10.9. The summed E-state index contributed by atoms with van der Waals surface area (Å²) < 4.78 is 0. The van der Waals surface area contributed by atoms with E-state index in [0.717, 1.165) is 43.8 Å². The van der Waals surface area contributed by atoms with Crippen LogP contribution in [0.1, 0.15) is 43.1 Å².